The van der Waals surface area contributed by atoms with Gasteiger partial charge in [0.2, 0.25) is 0 Å². The third kappa shape index (κ3) is 2.77. The summed E-state index contributed by atoms with van der Waals surface area (Å²) in [6, 6.07) is 5.96. The van der Waals surface area contributed by atoms with Crippen LogP contribution < -0.4 is 4.74 Å². The molecule has 0 amide bonds. The van der Waals surface area contributed by atoms with Crippen LogP contribution in [0.25, 0.3) is 16.7 Å². The van der Waals surface area contributed by atoms with Gasteiger partial charge in [-0.3, -0.25) is 4.40 Å². The van der Waals surface area contributed by atoms with E-state index >= 15 is 0 Å². The molecule has 5 nitrogen and oxygen atoms in total. The molecule has 0 saturated carbocycles. The van der Waals surface area contributed by atoms with E-state index in [1.807, 2.05) is 30.6 Å². The first-order chi connectivity index (χ1) is 11.3. The fraction of sp³-hybridized carbons (Fsp3) is 0.444. The van der Waals surface area contributed by atoms with Crippen LogP contribution in [0.15, 0.2) is 36.8 Å². The van der Waals surface area contributed by atoms with Crippen LogP contribution >= 0.6 is 0 Å². The molecule has 0 atom stereocenters. The Morgan fingerprint density at radius 3 is 2.91 bits per heavy atom. The summed E-state index contributed by atoms with van der Waals surface area (Å²) < 4.78 is 8.17. The molecular weight excluding hydrogens is 288 g/mol. The number of pyridine rings is 1. The highest BCUT2D eigenvalue weighted by Gasteiger charge is 2.19. The van der Waals surface area contributed by atoms with Gasteiger partial charge < -0.3 is 9.64 Å². The number of hydrogen-bond acceptors (Lipinski definition) is 4. The summed E-state index contributed by atoms with van der Waals surface area (Å²) >= 11 is 0. The first kappa shape index (κ1) is 14.5. The molecule has 3 aromatic rings. The topological polar surface area (TPSA) is 42.7 Å². The maximum absolute atomic E-state index is 6.12. The van der Waals surface area contributed by atoms with Crippen LogP contribution in [0.1, 0.15) is 19.8 Å². The molecule has 5 heteroatoms. The van der Waals surface area contributed by atoms with E-state index in [0.29, 0.717) is 5.92 Å². The zero-order valence-electron chi connectivity index (χ0n) is 13.5. The van der Waals surface area contributed by atoms with Crippen molar-refractivity contribution in [2.45, 2.75) is 19.8 Å². The van der Waals surface area contributed by atoms with Gasteiger partial charge in [0.1, 0.15) is 11.3 Å². The summed E-state index contributed by atoms with van der Waals surface area (Å²) in [6.07, 6.45) is 8.12. The van der Waals surface area contributed by atoms with Crippen LogP contribution in [0, 0.1) is 5.92 Å². The Bertz CT molecular complexity index is 805. The molecule has 0 aliphatic carbocycles. The van der Waals surface area contributed by atoms with Gasteiger partial charge in [-0.05, 0) is 50.5 Å². The van der Waals surface area contributed by atoms with Crippen molar-refractivity contribution in [2.24, 2.45) is 5.92 Å². The smallest absolute Gasteiger partial charge is 0.167 e. The van der Waals surface area contributed by atoms with Gasteiger partial charge in [-0.1, -0.05) is 6.92 Å². The van der Waals surface area contributed by atoms with E-state index in [0.717, 1.165) is 35.6 Å². The summed E-state index contributed by atoms with van der Waals surface area (Å²) in [6.45, 7) is 6.52. The predicted octanol–water partition coefficient (Wildman–Crippen LogP) is 2.99. The highest BCUT2D eigenvalue weighted by atomic mass is 16.5. The first-order valence-corrected chi connectivity index (χ1v) is 8.41. The van der Waals surface area contributed by atoms with Gasteiger partial charge >= 0.3 is 0 Å². The third-order valence-electron chi connectivity index (χ3n) is 4.83. The number of hydrogen-bond donors (Lipinski definition) is 0. The van der Waals surface area contributed by atoms with Crippen molar-refractivity contribution in [2.75, 3.05) is 26.2 Å². The van der Waals surface area contributed by atoms with Crippen LogP contribution in [0.3, 0.4) is 0 Å². The van der Waals surface area contributed by atoms with E-state index in [1.54, 1.807) is 6.20 Å². The largest absolute Gasteiger partial charge is 0.491 e. The standard InChI is InChI=1S/C18H22N4O/c1-2-21-10-6-14(7-11-21)13-23-16-5-8-19-18-17(16)20-12-15-4-3-9-22(15)18/h3-5,8-9,12,14H,2,6-7,10-11,13H2,1H3. The molecule has 0 spiro atoms. The van der Waals surface area contributed by atoms with Gasteiger partial charge in [0, 0.05) is 18.5 Å². The molecule has 0 unspecified atom stereocenters. The second kappa shape index (κ2) is 6.16. The monoisotopic (exact) mass is 310 g/mol. The molecule has 1 saturated heterocycles. The fourth-order valence-corrected chi connectivity index (χ4v) is 3.34. The average Bonchev–Trinajstić information content (AvgIpc) is 3.09. The maximum atomic E-state index is 6.12. The number of piperidine rings is 1. The van der Waals surface area contributed by atoms with E-state index in [1.165, 1.54) is 25.9 Å². The van der Waals surface area contributed by atoms with Crippen molar-refractivity contribution in [1.82, 2.24) is 19.3 Å². The second-order valence-electron chi connectivity index (χ2n) is 6.23. The quantitative estimate of drug-likeness (QED) is 0.743. The number of aromatic nitrogens is 3. The van der Waals surface area contributed by atoms with Crippen LogP contribution in [0.4, 0.5) is 0 Å². The van der Waals surface area contributed by atoms with Crippen molar-refractivity contribution in [1.29, 1.82) is 0 Å². The van der Waals surface area contributed by atoms with Gasteiger partial charge in [0.05, 0.1) is 18.3 Å². The highest BCUT2D eigenvalue weighted by molar-refractivity contribution is 5.80. The van der Waals surface area contributed by atoms with Gasteiger partial charge in [-0.25, -0.2) is 9.97 Å². The van der Waals surface area contributed by atoms with Crippen molar-refractivity contribution in [3.63, 3.8) is 0 Å². The molecule has 1 fully saturated rings. The summed E-state index contributed by atoms with van der Waals surface area (Å²) in [5, 5.41) is 0. The summed E-state index contributed by atoms with van der Waals surface area (Å²) in [7, 11) is 0. The van der Waals surface area contributed by atoms with Crippen molar-refractivity contribution < 1.29 is 4.74 Å². The lowest BCUT2D eigenvalue weighted by Gasteiger charge is -2.30. The van der Waals surface area contributed by atoms with Crippen molar-refractivity contribution in [3.05, 3.63) is 36.8 Å². The van der Waals surface area contributed by atoms with Crippen LogP contribution in [-0.4, -0.2) is 45.5 Å². The Hall–Kier alpha value is -2.14. The van der Waals surface area contributed by atoms with Gasteiger partial charge in [-0.2, -0.15) is 0 Å². The van der Waals surface area contributed by atoms with Crippen molar-refractivity contribution >= 4 is 16.7 Å². The minimum Gasteiger partial charge on any atom is -0.491 e. The lowest BCUT2D eigenvalue weighted by Crippen LogP contribution is -2.35. The zero-order chi connectivity index (χ0) is 15.6. The van der Waals surface area contributed by atoms with Crippen LogP contribution in [0.5, 0.6) is 5.75 Å². The molecule has 0 N–H and O–H groups in total. The molecule has 4 rings (SSSR count). The Morgan fingerprint density at radius 2 is 2.09 bits per heavy atom. The van der Waals surface area contributed by atoms with Gasteiger partial charge in [0.15, 0.2) is 5.65 Å². The molecule has 3 aromatic heterocycles. The molecule has 23 heavy (non-hydrogen) atoms. The number of ether oxygens (including phenoxy) is 1. The Balaban J connectivity index is 1.53. The Morgan fingerprint density at radius 1 is 1.22 bits per heavy atom. The molecule has 0 radical (unpaired) electrons. The lowest BCUT2D eigenvalue weighted by molar-refractivity contribution is 0.146. The number of nitrogens with zero attached hydrogens (tertiary/aromatic N) is 4. The molecular formula is C18H22N4O. The fourth-order valence-electron chi connectivity index (χ4n) is 3.34. The molecule has 120 valence electrons. The lowest BCUT2D eigenvalue weighted by atomic mass is 9.98. The van der Waals surface area contributed by atoms with Gasteiger partial charge in [-0.15, -0.1) is 0 Å². The highest BCUT2D eigenvalue weighted by Crippen LogP contribution is 2.25. The second-order valence-corrected chi connectivity index (χ2v) is 6.23. The third-order valence-corrected chi connectivity index (χ3v) is 4.83. The maximum Gasteiger partial charge on any atom is 0.167 e. The van der Waals surface area contributed by atoms with E-state index in [4.69, 9.17) is 4.74 Å². The van der Waals surface area contributed by atoms with Crippen LogP contribution in [0.2, 0.25) is 0 Å². The summed E-state index contributed by atoms with van der Waals surface area (Å²) in [5.74, 6) is 1.47. The predicted molar refractivity (Wildman–Crippen MR) is 90.8 cm³/mol. The van der Waals surface area contributed by atoms with Gasteiger partial charge in [0.25, 0.3) is 0 Å². The molecule has 1 aliphatic rings. The molecule has 1 aliphatic heterocycles. The Labute approximate surface area is 135 Å². The Kier molecular flexibility index (Phi) is 3.87. The normalized spacial score (nSPS) is 17.1. The molecule has 0 bridgehead atoms. The van der Waals surface area contributed by atoms with Crippen molar-refractivity contribution in [3.8, 4) is 5.75 Å². The van der Waals surface area contributed by atoms with E-state index < -0.39 is 0 Å². The summed E-state index contributed by atoms with van der Waals surface area (Å²) in [5.41, 5.74) is 2.74. The van der Waals surface area contributed by atoms with Crippen LogP contribution in [-0.2, 0) is 0 Å². The minimum atomic E-state index is 0.635. The zero-order valence-corrected chi connectivity index (χ0v) is 13.5. The summed E-state index contributed by atoms with van der Waals surface area (Å²) in [4.78, 5) is 11.5. The number of rotatable bonds is 4. The van der Waals surface area contributed by atoms with E-state index in [9.17, 15) is 0 Å². The molecule has 4 heterocycles. The first-order valence-electron chi connectivity index (χ1n) is 8.41. The number of fused-ring (bicyclic) bond motifs is 3. The van der Waals surface area contributed by atoms with E-state index in [-0.39, 0.29) is 0 Å². The average molecular weight is 310 g/mol. The minimum absolute atomic E-state index is 0.635. The van der Waals surface area contributed by atoms with E-state index in [2.05, 4.69) is 26.2 Å². The molecule has 0 aromatic carbocycles. The SMILES string of the molecule is CCN1CCC(COc2ccnc3c2ncc2cccn23)CC1. The number of likely N-dealkylation sites (tertiary alicyclic amines) is 1.